The van der Waals surface area contributed by atoms with Gasteiger partial charge in [-0.05, 0) is 49.1 Å². The molecule has 0 unspecified atom stereocenters. The Morgan fingerprint density at radius 2 is 1.78 bits per heavy atom. The van der Waals surface area contributed by atoms with E-state index in [0.717, 1.165) is 6.42 Å². The van der Waals surface area contributed by atoms with Crippen LogP contribution < -0.4 is 4.74 Å². The molecule has 90 valence electrons. The van der Waals surface area contributed by atoms with Gasteiger partial charge in [0, 0.05) is 0 Å². The van der Waals surface area contributed by atoms with E-state index in [-0.39, 0.29) is 0 Å². The Bertz CT molecular complexity index is 579. The van der Waals surface area contributed by atoms with Crippen LogP contribution in [0.5, 0.6) is 5.75 Å². The van der Waals surface area contributed by atoms with E-state index in [9.17, 15) is 0 Å². The van der Waals surface area contributed by atoms with Crippen molar-refractivity contribution in [2.24, 2.45) is 0 Å². The number of rotatable bonds is 3. The van der Waals surface area contributed by atoms with Crippen LogP contribution in [0.4, 0.5) is 0 Å². The number of ether oxygens (including phenoxy) is 1. The van der Waals surface area contributed by atoms with Crippen LogP contribution in [0.25, 0.3) is 0 Å². The molecule has 2 nitrogen and oxygen atoms in total. The van der Waals surface area contributed by atoms with E-state index in [1.165, 1.54) is 22.3 Å². The number of benzene rings is 2. The summed E-state index contributed by atoms with van der Waals surface area (Å²) in [5, 5.41) is 8.41. The summed E-state index contributed by atoms with van der Waals surface area (Å²) in [6.45, 7) is 4.24. The molecule has 0 aliphatic carbocycles. The normalized spacial score (nSPS) is 9.83. The second-order valence-electron chi connectivity index (χ2n) is 4.44. The summed E-state index contributed by atoms with van der Waals surface area (Å²) in [4.78, 5) is 0. The summed E-state index contributed by atoms with van der Waals surface area (Å²) in [7, 11) is 0. The van der Waals surface area contributed by atoms with Crippen molar-refractivity contribution in [1.82, 2.24) is 0 Å². The van der Waals surface area contributed by atoms with Crippen LogP contribution in [0.2, 0.25) is 0 Å². The van der Waals surface area contributed by atoms with Crippen molar-refractivity contribution in [2.75, 3.05) is 0 Å². The fraction of sp³-hybridized carbons (Fsp3) is 0.188. The molecule has 0 N–H and O–H groups in total. The standard InChI is InChI=1S/C16H15NO/c1-12-3-6-15(13(2)9-12)10-14-4-7-16(8-5-14)18-11-17/h3-9H,10H2,1-2H3. The minimum atomic E-state index is 0.585. The van der Waals surface area contributed by atoms with Crippen LogP contribution in [-0.2, 0) is 6.42 Å². The van der Waals surface area contributed by atoms with Crippen LogP contribution in [0.1, 0.15) is 22.3 Å². The first kappa shape index (κ1) is 12.2. The molecular formula is C16H15NO. The number of nitriles is 1. The van der Waals surface area contributed by atoms with E-state index < -0.39 is 0 Å². The quantitative estimate of drug-likeness (QED) is 0.761. The van der Waals surface area contributed by atoms with E-state index in [1.807, 2.05) is 24.3 Å². The molecule has 0 heterocycles. The highest BCUT2D eigenvalue weighted by molar-refractivity contribution is 5.36. The second kappa shape index (κ2) is 5.37. The average Bonchev–Trinajstić information content (AvgIpc) is 2.35. The van der Waals surface area contributed by atoms with Crippen molar-refractivity contribution >= 4 is 0 Å². The highest BCUT2D eigenvalue weighted by atomic mass is 16.5. The molecule has 0 radical (unpaired) electrons. The summed E-state index contributed by atoms with van der Waals surface area (Å²) >= 11 is 0. The Hall–Kier alpha value is -2.27. The SMILES string of the molecule is Cc1ccc(Cc2ccc(OC#N)cc2)c(C)c1. The first-order chi connectivity index (χ1) is 8.69. The van der Waals surface area contributed by atoms with Gasteiger partial charge >= 0.3 is 0 Å². The maximum absolute atomic E-state index is 8.41. The highest BCUT2D eigenvalue weighted by Gasteiger charge is 2.01. The van der Waals surface area contributed by atoms with Gasteiger partial charge in [0.25, 0.3) is 6.26 Å². The van der Waals surface area contributed by atoms with E-state index in [2.05, 4.69) is 32.0 Å². The van der Waals surface area contributed by atoms with Gasteiger partial charge in [0.1, 0.15) is 5.75 Å². The summed E-state index contributed by atoms with van der Waals surface area (Å²) in [5.41, 5.74) is 5.14. The summed E-state index contributed by atoms with van der Waals surface area (Å²) in [6, 6.07) is 14.1. The van der Waals surface area contributed by atoms with Crippen molar-refractivity contribution in [3.63, 3.8) is 0 Å². The number of nitrogens with zero attached hydrogens (tertiary/aromatic N) is 1. The Kier molecular flexibility index (Phi) is 3.64. The molecule has 0 fully saturated rings. The van der Waals surface area contributed by atoms with Crippen LogP contribution in [0, 0.1) is 25.4 Å². The van der Waals surface area contributed by atoms with Crippen molar-refractivity contribution in [3.05, 3.63) is 64.7 Å². The van der Waals surface area contributed by atoms with E-state index in [1.54, 1.807) is 6.26 Å². The Morgan fingerprint density at radius 1 is 1.06 bits per heavy atom. The van der Waals surface area contributed by atoms with E-state index in [4.69, 9.17) is 10.00 Å². The van der Waals surface area contributed by atoms with Gasteiger partial charge in [-0.15, -0.1) is 5.26 Å². The zero-order valence-corrected chi connectivity index (χ0v) is 10.6. The molecular weight excluding hydrogens is 222 g/mol. The van der Waals surface area contributed by atoms with Crippen LogP contribution in [0.3, 0.4) is 0 Å². The average molecular weight is 237 g/mol. The van der Waals surface area contributed by atoms with Gasteiger partial charge in [0.05, 0.1) is 0 Å². The number of hydrogen-bond acceptors (Lipinski definition) is 2. The first-order valence-corrected chi connectivity index (χ1v) is 5.90. The molecule has 0 aromatic heterocycles. The van der Waals surface area contributed by atoms with Gasteiger partial charge in [-0.3, -0.25) is 0 Å². The largest absolute Gasteiger partial charge is 0.388 e. The maximum atomic E-state index is 8.41. The van der Waals surface area contributed by atoms with Crippen molar-refractivity contribution < 1.29 is 4.74 Å². The van der Waals surface area contributed by atoms with E-state index in [0.29, 0.717) is 5.75 Å². The molecule has 0 amide bonds. The van der Waals surface area contributed by atoms with Gasteiger partial charge in [0.2, 0.25) is 0 Å². The lowest BCUT2D eigenvalue weighted by atomic mass is 9.99. The van der Waals surface area contributed by atoms with Crippen molar-refractivity contribution in [3.8, 4) is 12.0 Å². The van der Waals surface area contributed by atoms with Crippen molar-refractivity contribution in [1.29, 1.82) is 5.26 Å². The van der Waals surface area contributed by atoms with Crippen molar-refractivity contribution in [2.45, 2.75) is 20.3 Å². The minimum absolute atomic E-state index is 0.585. The zero-order valence-electron chi connectivity index (χ0n) is 10.6. The minimum Gasteiger partial charge on any atom is -0.388 e. The summed E-state index contributed by atoms with van der Waals surface area (Å²) < 4.78 is 4.76. The molecule has 2 heteroatoms. The summed E-state index contributed by atoms with van der Waals surface area (Å²) in [6.07, 6.45) is 2.57. The molecule has 0 bridgehead atoms. The lowest BCUT2D eigenvalue weighted by Gasteiger charge is -2.07. The molecule has 0 atom stereocenters. The van der Waals surface area contributed by atoms with Gasteiger partial charge in [-0.2, -0.15) is 0 Å². The number of hydrogen-bond donors (Lipinski definition) is 0. The fourth-order valence-electron chi connectivity index (χ4n) is 1.99. The third kappa shape index (κ3) is 2.89. The number of aryl methyl sites for hydroxylation is 2. The van der Waals surface area contributed by atoms with E-state index >= 15 is 0 Å². The second-order valence-corrected chi connectivity index (χ2v) is 4.44. The maximum Gasteiger partial charge on any atom is 0.292 e. The van der Waals surface area contributed by atoms with Gasteiger partial charge < -0.3 is 4.74 Å². The molecule has 2 aromatic rings. The first-order valence-electron chi connectivity index (χ1n) is 5.90. The topological polar surface area (TPSA) is 33.0 Å². The molecule has 0 aliphatic heterocycles. The van der Waals surface area contributed by atoms with Gasteiger partial charge in [-0.25, -0.2) is 0 Å². The zero-order chi connectivity index (χ0) is 13.0. The summed E-state index contributed by atoms with van der Waals surface area (Å²) in [5.74, 6) is 0.585. The molecule has 0 saturated heterocycles. The molecule has 18 heavy (non-hydrogen) atoms. The predicted molar refractivity (Wildman–Crippen MR) is 71.4 cm³/mol. The smallest absolute Gasteiger partial charge is 0.292 e. The van der Waals surface area contributed by atoms with Crippen LogP contribution in [-0.4, -0.2) is 0 Å². The molecule has 0 spiro atoms. The Labute approximate surface area is 107 Å². The third-order valence-corrected chi connectivity index (χ3v) is 2.98. The third-order valence-electron chi connectivity index (χ3n) is 2.98. The molecule has 0 saturated carbocycles. The lowest BCUT2D eigenvalue weighted by Crippen LogP contribution is -1.92. The van der Waals surface area contributed by atoms with Crippen LogP contribution in [0.15, 0.2) is 42.5 Å². The molecule has 2 aromatic carbocycles. The monoisotopic (exact) mass is 237 g/mol. The highest BCUT2D eigenvalue weighted by Crippen LogP contribution is 2.18. The van der Waals surface area contributed by atoms with Gasteiger partial charge in [-0.1, -0.05) is 35.9 Å². The van der Waals surface area contributed by atoms with Crippen LogP contribution >= 0.6 is 0 Å². The lowest BCUT2D eigenvalue weighted by molar-refractivity contribution is 0.507. The van der Waals surface area contributed by atoms with Gasteiger partial charge in [0.15, 0.2) is 0 Å². The Morgan fingerprint density at radius 3 is 2.39 bits per heavy atom. The molecule has 0 aliphatic rings. The predicted octanol–water partition coefficient (Wildman–Crippen LogP) is 3.75. The Balaban J connectivity index is 2.16. The fourth-order valence-corrected chi connectivity index (χ4v) is 1.99. The molecule has 2 rings (SSSR count).